The Kier molecular flexibility index (Phi) is 5.98. The van der Waals surface area contributed by atoms with Gasteiger partial charge in [0.05, 0.1) is 22.0 Å². The topological polar surface area (TPSA) is 88.7 Å². The van der Waals surface area contributed by atoms with Crippen LogP contribution in [0, 0.1) is 22.9 Å². The maximum Gasteiger partial charge on any atom is 0.273 e. The van der Waals surface area contributed by atoms with E-state index in [2.05, 4.69) is 0 Å². The number of nitro groups is 1. The minimum Gasteiger partial charge on any atom is -0.326 e. The number of amides is 2. The van der Waals surface area contributed by atoms with Crippen molar-refractivity contribution in [1.29, 1.82) is 0 Å². The van der Waals surface area contributed by atoms with Crippen LogP contribution in [-0.2, 0) is 4.79 Å². The summed E-state index contributed by atoms with van der Waals surface area (Å²) < 4.78 is 15.8. The van der Waals surface area contributed by atoms with Gasteiger partial charge in [-0.3, -0.25) is 24.6 Å². The normalized spacial score (nSPS) is 15.8. The second-order valence-electron chi connectivity index (χ2n) is 9.93. The Balaban J connectivity index is 1.39. The third kappa shape index (κ3) is 4.35. The molecule has 1 aromatic heterocycles. The van der Waals surface area contributed by atoms with Gasteiger partial charge in [-0.15, -0.1) is 0 Å². The number of fused-ring (bicyclic) bond motifs is 3. The highest BCUT2D eigenvalue weighted by Gasteiger charge is 2.40. The summed E-state index contributed by atoms with van der Waals surface area (Å²) in [6, 6.07) is 21.2. The minimum atomic E-state index is -0.542. The van der Waals surface area contributed by atoms with Gasteiger partial charge in [-0.25, -0.2) is 4.39 Å². The van der Waals surface area contributed by atoms with Gasteiger partial charge < -0.3 is 9.47 Å². The Bertz CT molecular complexity index is 1610. The molecule has 1 unspecified atom stereocenters. The molecule has 196 valence electrons. The lowest BCUT2D eigenvalue weighted by Crippen LogP contribution is -2.47. The second kappa shape index (κ2) is 9.50. The van der Waals surface area contributed by atoms with Crippen molar-refractivity contribution in [2.45, 2.75) is 31.8 Å². The van der Waals surface area contributed by atoms with E-state index in [1.54, 1.807) is 36.1 Å². The average molecular weight is 525 g/mol. The third-order valence-corrected chi connectivity index (χ3v) is 7.38. The smallest absolute Gasteiger partial charge is 0.273 e. The van der Waals surface area contributed by atoms with Gasteiger partial charge in [-0.2, -0.15) is 0 Å². The van der Waals surface area contributed by atoms with Gasteiger partial charge >= 0.3 is 0 Å². The molecule has 8 nitrogen and oxygen atoms in total. The molecule has 2 aliphatic rings. The van der Waals surface area contributed by atoms with E-state index in [1.807, 2.05) is 47.2 Å². The lowest BCUT2D eigenvalue weighted by Gasteiger charge is -2.39. The minimum absolute atomic E-state index is 0.116. The van der Waals surface area contributed by atoms with Crippen molar-refractivity contribution in [2.75, 3.05) is 11.4 Å². The number of aryl methyl sites for hydroxylation is 1. The second-order valence-corrected chi connectivity index (χ2v) is 9.93. The van der Waals surface area contributed by atoms with Crippen molar-refractivity contribution in [1.82, 2.24) is 9.47 Å². The molecule has 1 saturated carbocycles. The molecular formula is C30H25FN4O4. The van der Waals surface area contributed by atoms with Crippen LogP contribution in [0.4, 0.5) is 15.8 Å². The Morgan fingerprint density at radius 3 is 2.41 bits per heavy atom. The molecule has 4 aromatic rings. The molecule has 0 spiro atoms. The average Bonchev–Trinajstić information content (AvgIpc) is 3.66. The molecule has 0 N–H and O–H groups in total. The molecule has 2 heterocycles. The number of hydrogen-bond acceptors (Lipinski definition) is 4. The molecule has 9 heteroatoms. The molecule has 1 aliphatic carbocycles. The van der Waals surface area contributed by atoms with Crippen molar-refractivity contribution in [3.8, 4) is 5.69 Å². The molecule has 39 heavy (non-hydrogen) atoms. The van der Waals surface area contributed by atoms with Gasteiger partial charge in [0.1, 0.15) is 18.4 Å². The summed E-state index contributed by atoms with van der Waals surface area (Å²) in [6.45, 7) is 1.42. The Hall–Kier alpha value is -4.79. The quantitative estimate of drug-likeness (QED) is 0.244. The molecule has 1 atom stereocenters. The Morgan fingerprint density at radius 1 is 1.00 bits per heavy atom. The maximum absolute atomic E-state index is 14.2. The molecule has 0 saturated heterocycles. The molecule has 0 radical (unpaired) electrons. The van der Waals surface area contributed by atoms with Crippen LogP contribution < -0.4 is 4.90 Å². The monoisotopic (exact) mass is 524 g/mol. The van der Waals surface area contributed by atoms with Crippen molar-refractivity contribution in [2.24, 2.45) is 0 Å². The summed E-state index contributed by atoms with van der Waals surface area (Å²) >= 11 is 0. The fourth-order valence-electron chi connectivity index (χ4n) is 5.30. The van der Waals surface area contributed by atoms with Gasteiger partial charge in [0, 0.05) is 29.4 Å². The molecule has 6 rings (SSSR count). The lowest BCUT2D eigenvalue weighted by molar-refractivity contribution is -0.385. The first-order valence-corrected chi connectivity index (χ1v) is 12.7. The first kappa shape index (κ1) is 24.5. The van der Waals surface area contributed by atoms with Gasteiger partial charge in [0.2, 0.25) is 5.91 Å². The SMILES string of the molecule is Cc1ccc(C(=O)N(CC(=O)N2c3ccccc3-n3cccc3C2c2ccc(F)cc2)C2CC2)cc1[N+](=O)[O-]. The van der Waals surface area contributed by atoms with Gasteiger partial charge in [-0.05, 0) is 67.8 Å². The standard InChI is InChI=1S/C30H25FN4O4/c1-19-8-9-21(17-27(19)35(38)39)30(37)33(23-14-15-23)18-28(36)34-25-6-3-2-5-24(25)32-16-4-7-26(32)29(34)20-10-12-22(31)13-11-20/h2-13,16-17,23,29H,14-15,18H2,1H3. The van der Waals surface area contributed by atoms with Crippen molar-refractivity contribution in [3.05, 3.63) is 123 Å². The summed E-state index contributed by atoms with van der Waals surface area (Å²) in [4.78, 5) is 42.0. The van der Waals surface area contributed by atoms with Crippen LogP contribution >= 0.6 is 0 Å². The van der Waals surface area contributed by atoms with Crippen LogP contribution in [0.3, 0.4) is 0 Å². The molecule has 1 aliphatic heterocycles. The van der Waals surface area contributed by atoms with Crippen molar-refractivity contribution < 1.29 is 18.9 Å². The van der Waals surface area contributed by atoms with Crippen LogP contribution in [0.1, 0.15) is 46.1 Å². The number of rotatable bonds is 6. The van der Waals surface area contributed by atoms with Gasteiger partial charge in [0.15, 0.2) is 0 Å². The number of anilines is 1. The van der Waals surface area contributed by atoms with Crippen LogP contribution in [0.25, 0.3) is 5.69 Å². The van der Waals surface area contributed by atoms with E-state index in [-0.39, 0.29) is 35.6 Å². The predicted molar refractivity (Wildman–Crippen MR) is 143 cm³/mol. The summed E-state index contributed by atoms with van der Waals surface area (Å²) in [6.07, 6.45) is 3.44. The Morgan fingerprint density at radius 2 is 1.72 bits per heavy atom. The maximum atomic E-state index is 14.2. The lowest BCUT2D eigenvalue weighted by atomic mass is 9.97. The molecule has 1 fully saturated rings. The van der Waals surface area contributed by atoms with E-state index < -0.39 is 16.9 Å². The molecular weight excluding hydrogens is 499 g/mol. The summed E-state index contributed by atoms with van der Waals surface area (Å²) in [5.74, 6) is -1.09. The Labute approximate surface area is 224 Å². The summed E-state index contributed by atoms with van der Waals surface area (Å²) in [7, 11) is 0. The van der Waals surface area contributed by atoms with Crippen LogP contribution in [-0.4, -0.2) is 38.8 Å². The summed E-state index contributed by atoms with van der Waals surface area (Å²) in [5, 5.41) is 11.5. The van der Waals surface area contributed by atoms with Crippen molar-refractivity contribution >= 4 is 23.2 Å². The molecule has 3 aromatic carbocycles. The highest BCUT2D eigenvalue weighted by atomic mass is 19.1. The van der Waals surface area contributed by atoms with Gasteiger partial charge in [-0.1, -0.05) is 30.3 Å². The first-order chi connectivity index (χ1) is 18.8. The van der Waals surface area contributed by atoms with Crippen LogP contribution in [0.2, 0.25) is 0 Å². The summed E-state index contributed by atoms with van der Waals surface area (Å²) in [5.41, 5.74) is 3.57. The zero-order valence-electron chi connectivity index (χ0n) is 21.2. The number of carbonyl (C=O) groups is 2. The van der Waals surface area contributed by atoms with Crippen LogP contribution in [0.5, 0.6) is 0 Å². The third-order valence-electron chi connectivity index (χ3n) is 7.38. The number of halogens is 1. The fraction of sp³-hybridized carbons (Fsp3) is 0.200. The largest absolute Gasteiger partial charge is 0.326 e. The zero-order chi connectivity index (χ0) is 27.3. The van der Waals surface area contributed by atoms with E-state index in [0.29, 0.717) is 11.3 Å². The first-order valence-electron chi connectivity index (χ1n) is 12.7. The number of nitro benzene ring substituents is 1. The molecule has 2 amide bonds. The highest BCUT2D eigenvalue weighted by molar-refractivity contribution is 6.03. The number of hydrogen-bond donors (Lipinski definition) is 0. The number of benzene rings is 3. The fourth-order valence-corrected chi connectivity index (χ4v) is 5.30. The number of aromatic nitrogens is 1. The number of carbonyl (C=O) groups excluding carboxylic acids is 2. The van der Waals surface area contributed by atoms with E-state index in [1.165, 1.54) is 23.1 Å². The number of nitrogens with zero attached hydrogens (tertiary/aromatic N) is 4. The predicted octanol–water partition coefficient (Wildman–Crippen LogP) is 5.57. The van der Waals surface area contributed by atoms with E-state index >= 15 is 0 Å². The van der Waals surface area contributed by atoms with Crippen LogP contribution in [0.15, 0.2) is 85.1 Å². The highest BCUT2D eigenvalue weighted by Crippen LogP contribution is 2.42. The van der Waals surface area contributed by atoms with Crippen molar-refractivity contribution in [3.63, 3.8) is 0 Å². The van der Waals surface area contributed by atoms with E-state index in [4.69, 9.17) is 0 Å². The van der Waals surface area contributed by atoms with Gasteiger partial charge in [0.25, 0.3) is 11.6 Å². The number of para-hydroxylation sites is 2. The van der Waals surface area contributed by atoms with E-state index in [9.17, 15) is 24.1 Å². The van der Waals surface area contributed by atoms with E-state index in [0.717, 1.165) is 29.8 Å². The molecule has 0 bridgehead atoms. The zero-order valence-corrected chi connectivity index (χ0v) is 21.2.